The summed E-state index contributed by atoms with van der Waals surface area (Å²) in [5.41, 5.74) is 0.913. The molecule has 0 saturated heterocycles. The van der Waals surface area contributed by atoms with Gasteiger partial charge in [-0.15, -0.1) is 11.8 Å². The Morgan fingerprint density at radius 3 is 2.45 bits per heavy atom. The molecule has 0 saturated carbocycles. The molecule has 0 aromatic heterocycles. The van der Waals surface area contributed by atoms with E-state index in [1.54, 1.807) is 49.4 Å². The summed E-state index contributed by atoms with van der Waals surface area (Å²) >= 11 is 13.5. The van der Waals surface area contributed by atoms with Crippen molar-refractivity contribution in [2.24, 2.45) is 0 Å². The van der Waals surface area contributed by atoms with Crippen LogP contribution in [-0.4, -0.2) is 11.2 Å². The number of rotatable bonds is 4. The van der Waals surface area contributed by atoms with Crippen LogP contribution in [0.3, 0.4) is 0 Å². The molecule has 3 nitrogen and oxygen atoms in total. The number of hydrogen-bond acceptors (Lipinski definition) is 3. The fraction of sp³-hybridized carbons (Fsp3) is 0.125. The quantitative estimate of drug-likeness (QED) is 0.790. The van der Waals surface area contributed by atoms with Crippen LogP contribution in [0.2, 0.25) is 10.0 Å². The van der Waals surface area contributed by atoms with E-state index in [2.05, 4.69) is 5.32 Å². The number of para-hydroxylation sites is 1. The second-order valence-electron chi connectivity index (χ2n) is 4.46. The van der Waals surface area contributed by atoms with Crippen molar-refractivity contribution in [1.82, 2.24) is 0 Å². The van der Waals surface area contributed by atoms with Gasteiger partial charge in [-0.25, -0.2) is 0 Å². The van der Waals surface area contributed by atoms with Gasteiger partial charge >= 0.3 is 0 Å². The van der Waals surface area contributed by atoms with Crippen LogP contribution in [0.4, 0.5) is 5.69 Å². The normalized spacial score (nSPS) is 11.5. The molecule has 2 aromatic rings. The summed E-state index contributed by atoms with van der Waals surface area (Å²) < 4.78 is 0. The highest BCUT2D eigenvalue weighted by molar-refractivity contribution is 8.00. The lowest BCUT2D eigenvalue weighted by molar-refractivity contribution is -0.115. The zero-order chi connectivity index (χ0) is 16.1. The van der Waals surface area contributed by atoms with Crippen molar-refractivity contribution in [3.8, 4) is 6.07 Å². The standard InChI is InChI=1S/C16H12Cl2N2OS/c1-10(22-15-12(17)6-4-7-13(15)18)16(21)20-14-8-3-2-5-11(14)9-19/h2-8,10H,1H3,(H,20,21). The van der Waals surface area contributed by atoms with E-state index in [9.17, 15) is 4.79 Å². The highest BCUT2D eigenvalue weighted by Crippen LogP contribution is 2.36. The van der Waals surface area contributed by atoms with Crippen LogP contribution in [-0.2, 0) is 4.79 Å². The van der Waals surface area contributed by atoms with E-state index in [0.717, 1.165) is 0 Å². The van der Waals surface area contributed by atoms with Crippen molar-refractivity contribution >= 4 is 46.6 Å². The lowest BCUT2D eigenvalue weighted by Gasteiger charge is -2.14. The molecule has 22 heavy (non-hydrogen) atoms. The summed E-state index contributed by atoms with van der Waals surface area (Å²) in [4.78, 5) is 12.9. The number of carbonyl (C=O) groups excluding carboxylic acids is 1. The maximum absolute atomic E-state index is 12.3. The van der Waals surface area contributed by atoms with E-state index in [4.69, 9.17) is 28.5 Å². The van der Waals surface area contributed by atoms with Crippen molar-refractivity contribution in [1.29, 1.82) is 5.26 Å². The van der Waals surface area contributed by atoms with Gasteiger partial charge in [-0.3, -0.25) is 4.79 Å². The summed E-state index contributed by atoms with van der Waals surface area (Å²) in [6.45, 7) is 1.76. The number of hydrogen-bond donors (Lipinski definition) is 1. The van der Waals surface area contributed by atoms with Crippen LogP contribution < -0.4 is 5.32 Å². The number of carbonyl (C=O) groups is 1. The molecule has 112 valence electrons. The van der Waals surface area contributed by atoms with Crippen LogP contribution in [0.25, 0.3) is 0 Å². The molecule has 0 bridgehead atoms. The SMILES string of the molecule is CC(Sc1c(Cl)cccc1Cl)C(=O)Nc1ccccc1C#N. The zero-order valence-corrected chi connectivity index (χ0v) is 14.0. The molecule has 0 fully saturated rings. The lowest BCUT2D eigenvalue weighted by Crippen LogP contribution is -2.22. The Bertz CT molecular complexity index is 723. The number of nitrogens with zero attached hydrogens (tertiary/aromatic N) is 1. The average molecular weight is 351 g/mol. The topological polar surface area (TPSA) is 52.9 Å². The molecule has 0 aliphatic heterocycles. The van der Waals surface area contributed by atoms with Gasteiger partial charge in [0.2, 0.25) is 5.91 Å². The van der Waals surface area contributed by atoms with Gasteiger partial charge in [0.1, 0.15) is 6.07 Å². The summed E-state index contributed by atoms with van der Waals surface area (Å²) in [6.07, 6.45) is 0. The van der Waals surface area contributed by atoms with Crippen molar-refractivity contribution < 1.29 is 4.79 Å². The Balaban J connectivity index is 2.12. The zero-order valence-electron chi connectivity index (χ0n) is 11.6. The van der Waals surface area contributed by atoms with Crippen LogP contribution in [0.5, 0.6) is 0 Å². The molecule has 1 unspecified atom stereocenters. The fourth-order valence-electron chi connectivity index (χ4n) is 1.75. The molecule has 0 spiro atoms. The monoisotopic (exact) mass is 350 g/mol. The van der Waals surface area contributed by atoms with Gasteiger partial charge in [0.05, 0.1) is 26.5 Å². The van der Waals surface area contributed by atoms with E-state index in [1.165, 1.54) is 11.8 Å². The van der Waals surface area contributed by atoms with E-state index >= 15 is 0 Å². The number of thioether (sulfide) groups is 1. The van der Waals surface area contributed by atoms with Crippen LogP contribution in [0, 0.1) is 11.3 Å². The van der Waals surface area contributed by atoms with E-state index in [0.29, 0.717) is 26.2 Å². The van der Waals surface area contributed by atoms with Gasteiger partial charge in [0.15, 0.2) is 0 Å². The first-order valence-corrected chi connectivity index (χ1v) is 8.07. The molecule has 1 N–H and O–H groups in total. The van der Waals surface area contributed by atoms with E-state index in [-0.39, 0.29) is 5.91 Å². The molecule has 2 rings (SSSR count). The Morgan fingerprint density at radius 2 is 1.82 bits per heavy atom. The number of nitrogens with one attached hydrogen (secondary N) is 1. The average Bonchev–Trinajstić information content (AvgIpc) is 2.51. The summed E-state index contributed by atoms with van der Waals surface area (Å²) in [7, 11) is 0. The van der Waals surface area contributed by atoms with Gasteiger partial charge in [-0.1, -0.05) is 41.4 Å². The lowest BCUT2D eigenvalue weighted by atomic mass is 10.2. The Labute approximate surface area is 143 Å². The van der Waals surface area contributed by atoms with Crippen LogP contribution >= 0.6 is 35.0 Å². The third-order valence-electron chi connectivity index (χ3n) is 2.89. The van der Waals surface area contributed by atoms with Crippen LogP contribution in [0.1, 0.15) is 12.5 Å². The van der Waals surface area contributed by atoms with Gasteiger partial charge in [-0.05, 0) is 31.2 Å². The molecule has 6 heteroatoms. The maximum Gasteiger partial charge on any atom is 0.237 e. The number of nitriles is 1. The molecular weight excluding hydrogens is 339 g/mol. The number of halogens is 2. The van der Waals surface area contributed by atoms with Gasteiger partial charge in [-0.2, -0.15) is 5.26 Å². The van der Waals surface area contributed by atoms with Crippen molar-refractivity contribution in [3.05, 3.63) is 58.1 Å². The van der Waals surface area contributed by atoms with Crippen molar-refractivity contribution in [3.63, 3.8) is 0 Å². The third kappa shape index (κ3) is 3.95. The second-order valence-corrected chi connectivity index (χ2v) is 6.62. The van der Waals surface area contributed by atoms with Gasteiger partial charge in [0, 0.05) is 4.90 Å². The smallest absolute Gasteiger partial charge is 0.237 e. The predicted octanol–water partition coefficient (Wildman–Crippen LogP) is 4.98. The molecule has 1 atom stereocenters. The first-order chi connectivity index (χ1) is 10.5. The molecule has 1 amide bonds. The molecule has 0 radical (unpaired) electrons. The molecule has 2 aromatic carbocycles. The minimum Gasteiger partial charge on any atom is -0.324 e. The largest absolute Gasteiger partial charge is 0.324 e. The molecular formula is C16H12Cl2N2OS. The fourth-order valence-corrected chi connectivity index (χ4v) is 3.29. The maximum atomic E-state index is 12.3. The van der Waals surface area contributed by atoms with Crippen molar-refractivity contribution in [2.75, 3.05) is 5.32 Å². The highest BCUT2D eigenvalue weighted by Gasteiger charge is 2.18. The number of anilines is 1. The van der Waals surface area contributed by atoms with E-state index < -0.39 is 5.25 Å². The van der Waals surface area contributed by atoms with Gasteiger partial charge in [0.25, 0.3) is 0 Å². The van der Waals surface area contributed by atoms with Crippen LogP contribution in [0.15, 0.2) is 47.4 Å². The number of benzene rings is 2. The first-order valence-electron chi connectivity index (χ1n) is 6.43. The Kier molecular flexibility index (Phi) is 5.73. The second kappa shape index (κ2) is 7.55. The predicted molar refractivity (Wildman–Crippen MR) is 91.6 cm³/mol. The molecule has 0 aliphatic rings. The molecule has 0 aliphatic carbocycles. The minimum atomic E-state index is -0.413. The first kappa shape index (κ1) is 16.7. The third-order valence-corrected chi connectivity index (χ3v) is 4.99. The molecule has 0 heterocycles. The summed E-state index contributed by atoms with van der Waals surface area (Å²) in [5.74, 6) is -0.219. The van der Waals surface area contributed by atoms with Gasteiger partial charge < -0.3 is 5.32 Å². The number of amides is 1. The van der Waals surface area contributed by atoms with E-state index in [1.807, 2.05) is 6.07 Å². The summed E-state index contributed by atoms with van der Waals surface area (Å²) in [6, 6.07) is 14.1. The minimum absolute atomic E-state index is 0.219. The Hall–Kier alpha value is -1.67. The Morgan fingerprint density at radius 1 is 1.18 bits per heavy atom. The summed E-state index contributed by atoms with van der Waals surface area (Å²) in [5, 5.41) is 12.4. The van der Waals surface area contributed by atoms with Crippen molar-refractivity contribution in [2.45, 2.75) is 17.1 Å². The highest BCUT2D eigenvalue weighted by atomic mass is 35.5.